The van der Waals surface area contributed by atoms with Crippen molar-refractivity contribution in [3.8, 4) is 0 Å². The molecule has 2 unspecified atom stereocenters. The normalized spacial score (nSPS) is 21.9. The minimum absolute atomic E-state index is 0.00884. The number of hydrogen-bond acceptors (Lipinski definition) is 4. The molecule has 1 aliphatic heterocycles. The Balaban J connectivity index is 2.13. The molecule has 1 fully saturated rings. The summed E-state index contributed by atoms with van der Waals surface area (Å²) in [5.74, 6) is -0.116. The first-order valence-electron chi connectivity index (χ1n) is 7.49. The summed E-state index contributed by atoms with van der Waals surface area (Å²) in [6.07, 6.45) is 1.45. The number of nitrogens with one attached hydrogen (secondary N) is 1. The Labute approximate surface area is 137 Å². The highest BCUT2D eigenvalue weighted by Crippen LogP contribution is 2.16. The van der Waals surface area contributed by atoms with E-state index in [4.69, 9.17) is 4.74 Å². The number of carbonyl (C=O) groups excluding carboxylic acids is 1. The Morgan fingerprint density at radius 2 is 1.87 bits per heavy atom. The van der Waals surface area contributed by atoms with Crippen molar-refractivity contribution in [1.29, 1.82) is 0 Å². The maximum Gasteiger partial charge on any atom is 0.254 e. The minimum Gasteiger partial charge on any atom is -0.372 e. The smallest absolute Gasteiger partial charge is 0.254 e. The van der Waals surface area contributed by atoms with Crippen molar-refractivity contribution in [2.45, 2.75) is 31.0 Å². The molecule has 0 saturated carbocycles. The molecule has 1 heterocycles. The van der Waals surface area contributed by atoms with Crippen molar-refractivity contribution in [1.82, 2.24) is 9.62 Å². The predicted molar refractivity (Wildman–Crippen MR) is 87.7 cm³/mol. The third kappa shape index (κ3) is 4.40. The van der Waals surface area contributed by atoms with Crippen LogP contribution in [0.25, 0.3) is 0 Å². The van der Waals surface area contributed by atoms with E-state index in [1.54, 1.807) is 4.90 Å². The molecule has 1 N–H and O–H groups in total. The highest BCUT2D eigenvalue weighted by molar-refractivity contribution is 7.89. The fourth-order valence-electron chi connectivity index (χ4n) is 2.55. The lowest BCUT2D eigenvalue weighted by Crippen LogP contribution is -2.48. The highest BCUT2D eigenvalue weighted by atomic mass is 32.2. The van der Waals surface area contributed by atoms with E-state index < -0.39 is 10.0 Å². The van der Waals surface area contributed by atoms with Crippen LogP contribution in [-0.4, -0.2) is 51.1 Å². The Morgan fingerprint density at radius 1 is 1.30 bits per heavy atom. The number of morpholine rings is 1. The second-order valence-corrected chi connectivity index (χ2v) is 7.40. The van der Waals surface area contributed by atoms with Crippen LogP contribution in [0.2, 0.25) is 0 Å². The van der Waals surface area contributed by atoms with Gasteiger partial charge in [-0.25, -0.2) is 13.1 Å². The lowest BCUT2D eigenvalue weighted by atomic mass is 10.1. The van der Waals surface area contributed by atoms with Gasteiger partial charge in [-0.2, -0.15) is 0 Å². The van der Waals surface area contributed by atoms with E-state index in [-0.39, 0.29) is 29.6 Å². The van der Waals surface area contributed by atoms with Gasteiger partial charge >= 0.3 is 0 Å². The van der Waals surface area contributed by atoms with E-state index in [9.17, 15) is 13.2 Å². The SMILES string of the molecule is C=CCNS(=O)(=O)c1ccc(C(=O)N2CC(C)OC(C)C2)cc1. The van der Waals surface area contributed by atoms with Gasteiger partial charge in [0.25, 0.3) is 5.91 Å². The molecule has 1 aromatic carbocycles. The van der Waals surface area contributed by atoms with Crippen LogP contribution in [0.15, 0.2) is 41.8 Å². The maximum atomic E-state index is 12.5. The summed E-state index contributed by atoms with van der Waals surface area (Å²) in [6, 6.07) is 5.95. The Kier molecular flexibility index (Phi) is 5.56. The summed E-state index contributed by atoms with van der Waals surface area (Å²) in [5.41, 5.74) is 0.467. The van der Waals surface area contributed by atoms with Gasteiger partial charge in [0.15, 0.2) is 0 Å². The average molecular weight is 338 g/mol. The molecule has 126 valence electrons. The standard InChI is InChI=1S/C16H22N2O4S/c1-4-9-17-23(20,21)15-7-5-14(6-8-15)16(19)18-10-12(2)22-13(3)11-18/h4-8,12-13,17H,1,9-11H2,2-3H3. The van der Waals surface area contributed by atoms with Crippen molar-refractivity contribution in [3.63, 3.8) is 0 Å². The molecule has 2 atom stereocenters. The Bertz CT molecular complexity index is 660. The van der Waals surface area contributed by atoms with E-state index in [1.165, 1.54) is 30.3 Å². The second kappa shape index (κ2) is 7.25. The van der Waals surface area contributed by atoms with Crippen LogP contribution in [0.3, 0.4) is 0 Å². The van der Waals surface area contributed by atoms with Gasteiger partial charge in [0, 0.05) is 25.2 Å². The zero-order valence-corrected chi connectivity index (χ0v) is 14.2. The van der Waals surface area contributed by atoms with Crippen LogP contribution in [0, 0.1) is 0 Å². The molecule has 1 amide bonds. The van der Waals surface area contributed by atoms with E-state index in [2.05, 4.69) is 11.3 Å². The van der Waals surface area contributed by atoms with Crippen molar-refractivity contribution >= 4 is 15.9 Å². The van der Waals surface area contributed by atoms with Gasteiger partial charge < -0.3 is 9.64 Å². The monoisotopic (exact) mass is 338 g/mol. The number of sulfonamides is 1. The van der Waals surface area contributed by atoms with Crippen LogP contribution in [-0.2, 0) is 14.8 Å². The molecule has 1 aromatic rings. The van der Waals surface area contributed by atoms with E-state index in [0.717, 1.165) is 0 Å². The van der Waals surface area contributed by atoms with Gasteiger partial charge in [-0.05, 0) is 38.1 Å². The average Bonchev–Trinajstić information content (AvgIpc) is 2.51. The maximum absolute atomic E-state index is 12.5. The molecular weight excluding hydrogens is 316 g/mol. The largest absolute Gasteiger partial charge is 0.372 e. The molecule has 6 nitrogen and oxygen atoms in total. The lowest BCUT2D eigenvalue weighted by molar-refractivity contribution is -0.0586. The molecule has 23 heavy (non-hydrogen) atoms. The number of carbonyl (C=O) groups is 1. The van der Waals surface area contributed by atoms with Gasteiger partial charge in [0.1, 0.15) is 0 Å². The van der Waals surface area contributed by atoms with E-state index in [1.807, 2.05) is 13.8 Å². The molecular formula is C16H22N2O4S. The van der Waals surface area contributed by atoms with Gasteiger partial charge in [0.2, 0.25) is 10.0 Å². The summed E-state index contributed by atoms with van der Waals surface area (Å²) in [4.78, 5) is 14.4. The first-order chi connectivity index (χ1) is 10.8. The van der Waals surface area contributed by atoms with Gasteiger partial charge in [-0.15, -0.1) is 6.58 Å². The predicted octanol–water partition coefficient (Wildman–Crippen LogP) is 1.40. The van der Waals surface area contributed by atoms with E-state index >= 15 is 0 Å². The topological polar surface area (TPSA) is 75.7 Å². The van der Waals surface area contributed by atoms with Crippen LogP contribution in [0.4, 0.5) is 0 Å². The van der Waals surface area contributed by atoms with Gasteiger partial charge in [0.05, 0.1) is 17.1 Å². The molecule has 0 aromatic heterocycles. The zero-order chi connectivity index (χ0) is 17.0. The van der Waals surface area contributed by atoms with Gasteiger partial charge in [-0.1, -0.05) is 6.08 Å². The Hall–Kier alpha value is -1.70. The van der Waals surface area contributed by atoms with Crippen molar-refractivity contribution in [2.24, 2.45) is 0 Å². The van der Waals surface area contributed by atoms with Crippen LogP contribution < -0.4 is 4.72 Å². The highest BCUT2D eigenvalue weighted by Gasteiger charge is 2.26. The zero-order valence-electron chi connectivity index (χ0n) is 13.4. The summed E-state index contributed by atoms with van der Waals surface area (Å²) in [7, 11) is -3.57. The lowest BCUT2D eigenvalue weighted by Gasteiger charge is -2.35. The molecule has 0 aliphatic carbocycles. The fraction of sp³-hybridized carbons (Fsp3) is 0.438. The number of nitrogens with zero attached hydrogens (tertiary/aromatic N) is 1. The molecule has 2 rings (SSSR count). The number of benzene rings is 1. The number of ether oxygens (including phenoxy) is 1. The third-order valence-electron chi connectivity index (χ3n) is 3.54. The number of hydrogen-bond donors (Lipinski definition) is 1. The van der Waals surface area contributed by atoms with Crippen molar-refractivity contribution in [3.05, 3.63) is 42.5 Å². The van der Waals surface area contributed by atoms with Gasteiger partial charge in [-0.3, -0.25) is 4.79 Å². The number of amides is 1. The van der Waals surface area contributed by atoms with Crippen molar-refractivity contribution in [2.75, 3.05) is 19.6 Å². The summed E-state index contributed by atoms with van der Waals surface area (Å²) in [5, 5.41) is 0. The second-order valence-electron chi connectivity index (χ2n) is 5.63. The molecule has 1 saturated heterocycles. The molecule has 0 bridgehead atoms. The first-order valence-corrected chi connectivity index (χ1v) is 8.97. The van der Waals surface area contributed by atoms with Crippen molar-refractivity contribution < 1.29 is 17.9 Å². The van der Waals surface area contributed by atoms with Crippen LogP contribution in [0.5, 0.6) is 0 Å². The Morgan fingerprint density at radius 3 is 2.39 bits per heavy atom. The summed E-state index contributed by atoms with van der Waals surface area (Å²) < 4.78 is 32.0. The molecule has 0 spiro atoms. The van der Waals surface area contributed by atoms with E-state index in [0.29, 0.717) is 18.7 Å². The first kappa shape index (κ1) is 17.7. The molecule has 7 heteroatoms. The fourth-order valence-corrected chi connectivity index (χ4v) is 3.55. The number of rotatable bonds is 5. The summed E-state index contributed by atoms with van der Waals surface area (Å²) in [6.45, 7) is 8.55. The van der Waals surface area contributed by atoms with Crippen LogP contribution >= 0.6 is 0 Å². The van der Waals surface area contributed by atoms with Crippen LogP contribution in [0.1, 0.15) is 24.2 Å². The quantitative estimate of drug-likeness (QED) is 0.824. The molecule has 0 radical (unpaired) electrons. The third-order valence-corrected chi connectivity index (χ3v) is 4.98. The summed E-state index contributed by atoms with van der Waals surface area (Å²) >= 11 is 0. The minimum atomic E-state index is -3.57. The molecule has 1 aliphatic rings.